The van der Waals surface area contributed by atoms with Gasteiger partial charge in [-0.2, -0.15) is 0 Å². The lowest BCUT2D eigenvalue weighted by Crippen LogP contribution is -2.50. The number of carbonyl (C=O) groups excluding carboxylic acids is 2. The molecular weight excluding hydrogens is 520 g/mol. The number of nitrogens with zero attached hydrogens (tertiary/aromatic N) is 2. The van der Waals surface area contributed by atoms with Crippen molar-refractivity contribution in [3.63, 3.8) is 0 Å². The van der Waals surface area contributed by atoms with E-state index in [1.165, 1.54) is 31.0 Å². The van der Waals surface area contributed by atoms with E-state index in [0.29, 0.717) is 10.6 Å². The third-order valence-electron chi connectivity index (χ3n) is 4.59. The van der Waals surface area contributed by atoms with E-state index in [1.807, 2.05) is 0 Å². The van der Waals surface area contributed by atoms with Crippen molar-refractivity contribution in [1.29, 1.82) is 0 Å². The Balaban J connectivity index is 2.46. The minimum absolute atomic E-state index is 0.00151. The van der Waals surface area contributed by atoms with Gasteiger partial charge in [-0.1, -0.05) is 58.5 Å². The van der Waals surface area contributed by atoms with Gasteiger partial charge in [0.1, 0.15) is 12.6 Å². The summed E-state index contributed by atoms with van der Waals surface area (Å²) in [5, 5.41) is 3.16. The highest BCUT2D eigenvalue weighted by atomic mass is 35.5. The first-order chi connectivity index (χ1) is 14.8. The minimum atomic E-state index is -3.95. The summed E-state index contributed by atoms with van der Waals surface area (Å²) in [4.78, 5) is 26.8. The highest BCUT2D eigenvalue weighted by molar-refractivity contribution is 7.92. The van der Waals surface area contributed by atoms with Crippen LogP contribution in [-0.4, -0.2) is 51.0 Å². The van der Waals surface area contributed by atoms with Gasteiger partial charge >= 0.3 is 0 Å². The lowest BCUT2D eigenvalue weighted by atomic mass is 10.1. The van der Waals surface area contributed by atoms with Crippen LogP contribution in [0.4, 0.5) is 5.69 Å². The summed E-state index contributed by atoms with van der Waals surface area (Å²) in [6, 6.07) is 8.46. The molecule has 0 saturated heterocycles. The van der Waals surface area contributed by atoms with Crippen LogP contribution in [0.3, 0.4) is 0 Å². The van der Waals surface area contributed by atoms with Gasteiger partial charge in [0, 0.05) is 18.6 Å². The van der Waals surface area contributed by atoms with Gasteiger partial charge < -0.3 is 10.2 Å². The summed E-state index contributed by atoms with van der Waals surface area (Å²) in [6.07, 6.45) is 0.933. The molecule has 2 aromatic rings. The summed E-state index contributed by atoms with van der Waals surface area (Å²) in [7, 11) is -2.51. The van der Waals surface area contributed by atoms with Crippen LogP contribution in [0.1, 0.15) is 12.5 Å². The maximum Gasteiger partial charge on any atom is 0.244 e. The van der Waals surface area contributed by atoms with Gasteiger partial charge in [-0.05, 0) is 36.8 Å². The van der Waals surface area contributed by atoms with Crippen molar-refractivity contribution in [2.75, 3.05) is 24.2 Å². The number of nitrogens with one attached hydrogen (secondary N) is 1. The van der Waals surface area contributed by atoms with Crippen LogP contribution < -0.4 is 9.62 Å². The number of sulfonamides is 1. The van der Waals surface area contributed by atoms with Gasteiger partial charge in [0.25, 0.3) is 0 Å². The average molecular weight is 541 g/mol. The zero-order valence-electron chi connectivity index (χ0n) is 17.4. The SMILES string of the molecule is CNC(=O)C(C)N(Cc1cccc(Cl)c1)C(=O)CN(c1cc(Cl)c(Cl)cc1Cl)S(C)(=O)=O. The van der Waals surface area contributed by atoms with E-state index < -0.39 is 34.4 Å². The summed E-state index contributed by atoms with van der Waals surface area (Å²) in [5.74, 6) is -1.05. The molecule has 0 saturated carbocycles. The number of anilines is 1. The van der Waals surface area contributed by atoms with Crippen LogP contribution in [0.5, 0.6) is 0 Å². The van der Waals surface area contributed by atoms with Crippen molar-refractivity contribution in [2.24, 2.45) is 0 Å². The predicted octanol–water partition coefficient (Wildman–Crippen LogP) is 4.23. The van der Waals surface area contributed by atoms with Gasteiger partial charge in [-0.25, -0.2) is 8.42 Å². The van der Waals surface area contributed by atoms with Gasteiger partial charge in [-0.15, -0.1) is 0 Å². The van der Waals surface area contributed by atoms with Crippen molar-refractivity contribution < 1.29 is 18.0 Å². The summed E-state index contributed by atoms with van der Waals surface area (Å²) in [5.41, 5.74) is 0.660. The third kappa shape index (κ3) is 6.65. The van der Waals surface area contributed by atoms with E-state index in [0.717, 1.165) is 10.6 Å². The summed E-state index contributed by atoms with van der Waals surface area (Å²) in [6.45, 7) is 0.956. The Morgan fingerprint density at radius 2 is 1.66 bits per heavy atom. The highest BCUT2D eigenvalue weighted by Crippen LogP contribution is 2.35. The van der Waals surface area contributed by atoms with E-state index in [4.69, 9.17) is 46.4 Å². The number of amides is 2. The molecule has 0 aliphatic carbocycles. The smallest absolute Gasteiger partial charge is 0.244 e. The molecule has 174 valence electrons. The standard InChI is InChI=1S/C20H21Cl4N3O4S/c1-12(20(29)25-2)26(10-13-5-4-6-14(21)7-13)19(28)11-27(32(3,30)31)18-9-16(23)15(22)8-17(18)24/h4-9,12H,10-11H2,1-3H3,(H,25,29). The molecule has 2 aromatic carbocycles. The van der Waals surface area contributed by atoms with E-state index in [-0.39, 0.29) is 27.3 Å². The molecule has 2 amide bonds. The van der Waals surface area contributed by atoms with Gasteiger partial charge in [0.15, 0.2) is 0 Å². The Kier molecular flexibility index (Phi) is 9.07. The molecule has 0 spiro atoms. The molecule has 1 N–H and O–H groups in total. The normalized spacial score (nSPS) is 12.2. The van der Waals surface area contributed by atoms with Gasteiger partial charge in [0.2, 0.25) is 21.8 Å². The topological polar surface area (TPSA) is 86.8 Å². The molecule has 0 bridgehead atoms. The molecule has 7 nitrogen and oxygen atoms in total. The minimum Gasteiger partial charge on any atom is -0.357 e. The molecule has 1 atom stereocenters. The first-order valence-corrected chi connectivity index (χ1v) is 12.6. The van der Waals surface area contributed by atoms with Crippen molar-refractivity contribution in [2.45, 2.75) is 19.5 Å². The lowest BCUT2D eigenvalue weighted by Gasteiger charge is -2.31. The van der Waals surface area contributed by atoms with Crippen LogP contribution in [0.15, 0.2) is 36.4 Å². The molecule has 0 aromatic heterocycles. The molecule has 0 heterocycles. The molecule has 0 radical (unpaired) electrons. The van der Waals surface area contributed by atoms with E-state index in [2.05, 4.69) is 5.32 Å². The molecule has 0 aliphatic rings. The Labute approximate surface area is 207 Å². The fraction of sp³-hybridized carbons (Fsp3) is 0.300. The van der Waals surface area contributed by atoms with Gasteiger partial charge in [0.05, 0.1) is 27.0 Å². The van der Waals surface area contributed by atoms with Crippen molar-refractivity contribution >= 4 is 73.9 Å². The van der Waals surface area contributed by atoms with E-state index in [9.17, 15) is 18.0 Å². The maximum absolute atomic E-state index is 13.3. The van der Waals surface area contributed by atoms with Crippen LogP contribution in [-0.2, 0) is 26.2 Å². The van der Waals surface area contributed by atoms with E-state index >= 15 is 0 Å². The van der Waals surface area contributed by atoms with E-state index in [1.54, 1.807) is 24.3 Å². The Hall–Kier alpha value is -1.71. The number of benzene rings is 2. The number of halogens is 4. The zero-order chi connectivity index (χ0) is 24.2. The summed E-state index contributed by atoms with van der Waals surface area (Å²) < 4.78 is 25.9. The molecule has 32 heavy (non-hydrogen) atoms. The number of hydrogen-bond acceptors (Lipinski definition) is 4. The van der Waals surface area contributed by atoms with Crippen molar-refractivity contribution in [3.05, 3.63) is 62.1 Å². The van der Waals surface area contributed by atoms with Crippen LogP contribution in [0.25, 0.3) is 0 Å². The van der Waals surface area contributed by atoms with Crippen molar-refractivity contribution in [3.8, 4) is 0 Å². The number of hydrogen-bond donors (Lipinski definition) is 1. The fourth-order valence-corrected chi connectivity index (χ4v) is 4.68. The number of likely N-dealkylation sites (N-methyl/N-ethyl adjacent to an activating group) is 1. The molecule has 0 fully saturated rings. The first-order valence-electron chi connectivity index (χ1n) is 9.23. The first kappa shape index (κ1) is 26.5. The van der Waals surface area contributed by atoms with Gasteiger partial charge in [-0.3, -0.25) is 13.9 Å². The second-order valence-corrected chi connectivity index (χ2v) is 10.5. The third-order valence-corrected chi connectivity index (χ3v) is 6.98. The largest absolute Gasteiger partial charge is 0.357 e. The quantitative estimate of drug-likeness (QED) is 0.507. The second kappa shape index (κ2) is 10.9. The second-order valence-electron chi connectivity index (χ2n) is 6.93. The summed E-state index contributed by atoms with van der Waals surface area (Å²) >= 11 is 24.2. The highest BCUT2D eigenvalue weighted by Gasteiger charge is 2.30. The predicted molar refractivity (Wildman–Crippen MR) is 129 cm³/mol. The van der Waals surface area contributed by atoms with Crippen LogP contribution >= 0.6 is 46.4 Å². The monoisotopic (exact) mass is 539 g/mol. The lowest BCUT2D eigenvalue weighted by molar-refractivity contribution is -0.139. The van der Waals surface area contributed by atoms with Crippen LogP contribution in [0.2, 0.25) is 20.1 Å². The number of carbonyl (C=O) groups is 2. The molecule has 2 rings (SSSR count). The molecular formula is C20H21Cl4N3O4S. The fourth-order valence-electron chi connectivity index (χ4n) is 2.92. The van der Waals surface area contributed by atoms with Crippen LogP contribution in [0, 0.1) is 0 Å². The maximum atomic E-state index is 13.3. The Bertz CT molecular complexity index is 1130. The zero-order valence-corrected chi connectivity index (χ0v) is 21.2. The Morgan fingerprint density at radius 3 is 2.22 bits per heavy atom. The molecule has 1 unspecified atom stereocenters. The number of rotatable bonds is 8. The average Bonchev–Trinajstić information content (AvgIpc) is 2.71. The Morgan fingerprint density at radius 1 is 1.03 bits per heavy atom. The molecule has 12 heteroatoms. The molecule has 0 aliphatic heterocycles. The van der Waals surface area contributed by atoms with Crippen molar-refractivity contribution in [1.82, 2.24) is 10.2 Å².